The van der Waals surface area contributed by atoms with Crippen LogP contribution in [0.25, 0.3) is 11.1 Å². The topological polar surface area (TPSA) is 83.9 Å². The van der Waals surface area contributed by atoms with Crippen LogP contribution in [-0.2, 0) is 4.74 Å². The highest BCUT2D eigenvalue weighted by atomic mass is 16.5. The molecule has 0 bridgehead atoms. The summed E-state index contributed by atoms with van der Waals surface area (Å²) in [5.74, 6) is -1.40. The molecule has 3 aromatic carbocycles. The van der Waals surface area contributed by atoms with Crippen molar-refractivity contribution in [3.8, 4) is 16.9 Å². The van der Waals surface area contributed by atoms with Crippen molar-refractivity contribution in [2.75, 3.05) is 6.73 Å². The van der Waals surface area contributed by atoms with Crippen molar-refractivity contribution in [3.05, 3.63) is 89.5 Å². The summed E-state index contributed by atoms with van der Waals surface area (Å²) in [6.45, 7) is -0.440. The first-order chi connectivity index (χ1) is 13.5. The highest BCUT2D eigenvalue weighted by molar-refractivity contribution is 6.21. The third-order valence-corrected chi connectivity index (χ3v) is 4.52. The summed E-state index contributed by atoms with van der Waals surface area (Å²) in [5.41, 5.74) is 2.68. The first-order valence-electron chi connectivity index (χ1n) is 8.56. The number of phenols is 1. The van der Waals surface area contributed by atoms with Crippen LogP contribution in [0.4, 0.5) is 0 Å². The Bertz CT molecular complexity index is 1040. The van der Waals surface area contributed by atoms with E-state index in [9.17, 15) is 19.5 Å². The third kappa shape index (κ3) is 3.12. The van der Waals surface area contributed by atoms with Crippen LogP contribution >= 0.6 is 0 Å². The normalized spacial score (nSPS) is 12.8. The van der Waals surface area contributed by atoms with E-state index in [1.165, 1.54) is 0 Å². The second-order valence-corrected chi connectivity index (χ2v) is 6.27. The van der Waals surface area contributed by atoms with Gasteiger partial charge in [0.05, 0.1) is 16.7 Å². The average molecular weight is 373 g/mol. The Kier molecular flexibility index (Phi) is 4.37. The van der Waals surface area contributed by atoms with Crippen LogP contribution in [0.5, 0.6) is 5.75 Å². The van der Waals surface area contributed by atoms with Gasteiger partial charge >= 0.3 is 5.97 Å². The van der Waals surface area contributed by atoms with Crippen molar-refractivity contribution in [2.24, 2.45) is 0 Å². The number of aromatic hydroxyl groups is 1. The minimum atomic E-state index is -0.631. The highest BCUT2D eigenvalue weighted by Crippen LogP contribution is 2.24. The van der Waals surface area contributed by atoms with E-state index in [0.717, 1.165) is 16.0 Å². The van der Waals surface area contributed by atoms with Gasteiger partial charge in [0, 0.05) is 0 Å². The summed E-state index contributed by atoms with van der Waals surface area (Å²) in [6, 6.07) is 19.9. The first kappa shape index (κ1) is 17.5. The summed E-state index contributed by atoms with van der Waals surface area (Å²) < 4.78 is 5.16. The lowest BCUT2D eigenvalue weighted by molar-refractivity contribution is 0.0228. The van der Waals surface area contributed by atoms with Gasteiger partial charge in [0.15, 0.2) is 6.73 Å². The molecule has 6 nitrogen and oxygen atoms in total. The molecule has 1 aliphatic heterocycles. The molecule has 2 amide bonds. The quantitative estimate of drug-likeness (QED) is 0.559. The van der Waals surface area contributed by atoms with Crippen LogP contribution in [0.15, 0.2) is 72.8 Å². The van der Waals surface area contributed by atoms with E-state index in [-0.39, 0.29) is 5.75 Å². The van der Waals surface area contributed by atoms with E-state index >= 15 is 0 Å². The number of esters is 1. The predicted molar refractivity (Wildman–Crippen MR) is 101 cm³/mol. The van der Waals surface area contributed by atoms with E-state index in [1.54, 1.807) is 72.8 Å². The maximum Gasteiger partial charge on any atom is 0.339 e. The predicted octanol–water partition coefficient (Wildman–Crippen LogP) is 3.47. The first-order valence-corrected chi connectivity index (χ1v) is 8.56. The van der Waals surface area contributed by atoms with Gasteiger partial charge in [-0.25, -0.2) is 9.69 Å². The monoisotopic (exact) mass is 373 g/mol. The molecule has 3 aromatic rings. The molecule has 0 saturated heterocycles. The molecule has 0 aliphatic carbocycles. The standard InChI is InChI=1S/C22H15NO5/c24-17-11-9-15(10-12-17)14-5-7-16(8-6-14)22(27)28-13-23-20(25)18-3-1-2-4-19(18)21(23)26/h1-12,24H,13H2. The molecule has 138 valence electrons. The van der Waals surface area contributed by atoms with E-state index in [1.807, 2.05) is 0 Å². The molecule has 0 spiro atoms. The number of phenolic OH excluding ortho intramolecular Hbond substituents is 1. The highest BCUT2D eigenvalue weighted by Gasteiger charge is 2.35. The third-order valence-electron chi connectivity index (χ3n) is 4.52. The number of benzene rings is 3. The molecule has 0 saturated carbocycles. The Balaban J connectivity index is 1.43. The number of fused-ring (bicyclic) bond motifs is 1. The molecular weight excluding hydrogens is 358 g/mol. The van der Waals surface area contributed by atoms with Crippen molar-refractivity contribution in [2.45, 2.75) is 0 Å². The lowest BCUT2D eigenvalue weighted by Gasteiger charge is -2.14. The van der Waals surface area contributed by atoms with Crippen LogP contribution in [-0.4, -0.2) is 34.5 Å². The van der Waals surface area contributed by atoms with Crippen LogP contribution in [0.3, 0.4) is 0 Å². The van der Waals surface area contributed by atoms with Crippen molar-refractivity contribution < 1.29 is 24.2 Å². The molecule has 1 N–H and O–H groups in total. The molecule has 0 aromatic heterocycles. The lowest BCUT2D eigenvalue weighted by Crippen LogP contribution is -2.33. The summed E-state index contributed by atoms with van der Waals surface area (Å²) in [4.78, 5) is 37.7. The van der Waals surface area contributed by atoms with Crippen LogP contribution in [0.1, 0.15) is 31.1 Å². The maximum absolute atomic E-state index is 12.3. The molecule has 0 fully saturated rings. The zero-order valence-electron chi connectivity index (χ0n) is 14.7. The fraction of sp³-hybridized carbons (Fsp3) is 0.0455. The second kappa shape index (κ2) is 7.00. The molecule has 4 rings (SSSR count). The van der Waals surface area contributed by atoms with Crippen molar-refractivity contribution in [3.63, 3.8) is 0 Å². The molecule has 0 atom stereocenters. The van der Waals surface area contributed by atoms with Crippen LogP contribution in [0.2, 0.25) is 0 Å². The Morgan fingerprint density at radius 2 is 1.29 bits per heavy atom. The van der Waals surface area contributed by atoms with Crippen molar-refractivity contribution in [1.82, 2.24) is 4.90 Å². The molecule has 6 heteroatoms. The number of ether oxygens (including phenoxy) is 1. The number of carbonyl (C=O) groups is 3. The zero-order valence-corrected chi connectivity index (χ0v) is 14.7. The van der Waals surface area contributed by atoms with Gasteiger partial charge in [-0.1, -0.05) is 36.4 Å². The van der Waals surface area contributed by atoms with E-state index < -0.39 is 24.5 Å². The fourth-order valence-electron chi connectivity index (χ4n) is 3.02. The maximum atomic E-state index is 12.3. The van der Waals surface area contributed by atoms with Gasteiger partial charge in [-0.2, -0.15) is 0 Å². The Hall–Kier alpha value is -3.93. The minimum Gasteiger partial charge on any atom is -0.508 e. The average Bonchev–Trinajstić information content (AvgIpc) is 2.97. The Morgan fingerprint density at radius 1 is 0.786 bits per heavy atom. The minimum absolute atomic E-state index is 0.178. The largest absolute Gasteiger partial charge is 0.508 e. The Labute approximate surface area is 160 Å². The molecule has 0 radical (unpaired) electrons. The SMILES string of the molecule is O=C(OCN1C(=O)c2ccccc2C1=O)c1ccc(-c2ccc(O)cc2)cc1. The van der Waals surface area contributed by atoms with Crippen molar-refractivity contribution >= 4 is 17.8 Å². The molecular formula is C22H15NO5. The van der Waals surface area contributed by atoms with E-state index in [2.05, 4.69) is 0 Å². The Morgan fingerprint density at radius 3 is 1.82 bits per heavy atom. The second-order valence-electron chi connectivity index (χ2n) is 6.27. The number of hydrogen-bond donors (Lipinski definition) is 1. The van der Waals surface area contributed by atoms with Crippen LogP contribution in [0, 0.1) is 0 Å². The number of amides is 2. The van der Waals surface area contributed by atoms with Gasteiger partial charge in [0.2, 0.25) is 0 Å². The summed E-state index contributed by atoms with van der Waals surface area (Å²) in [5, 5.41) is 9.35. The zero-order chi connectivity index (χ0) is 19.7. The summed E-state index contributed by atoms with van der Waals surface area (Å²) in [6.07, 6.45) is 0. The number of rotatable bonds is 4. The number of carbonyl (C=O) groups excluding carboxylic acids is 3. The number of nitrogens with zero attached hydrogens (tertiary/aromatic N) is 1. The fourth-order valence-corrected chi connectivity index (χ4v) is 3.02. The van der Waals surface area contributed by atoms with Gasteiger partial charge in [-0.05, 0) is 47.5 Å². The summed E-state index contributed by atoms with van der Waals surface area (Å²) in [7, 11) is 0. The van der Waals surface area contributed by atoms with Gasteiger partial charge in [-0.15, -0.1) is 0 Å². The number of hydrogen-bond acceptors (Lipinski definition) is 5. The molecule has 28 heavy (non-hydrogen) atoms. The molecule has 1 heterocycles. The van der Waals surface area contributed by atoms with Crippen molar-refractivity contribution in [1.29, 1.82) is 0 Å². The van der Waals surface area contributed by atoms with E-state index in [4.69, 9.17) is 4.74 Å². The van der Waals surface area contributed by atoms with Gasteiger partial charge in [0.25, 0.3) is 11.8 Å². The van der Waals surface area contributed by atoms with Gasteiger partial charge in [0.1, 0.15) is 5.75 Å². The van der Waals surface area contributed by atoms with E-state index in [0.29, 0.717) is 16.7 Å². The molecule has 1 aliphatic rings. The van der Waals surface area contributed by atoms with Crippen LogP contribution < -0.4 is 0 Å². The number of imide groups is 1. The lowest BCUT2D eigenvalue weighted by atomic mass is 10.0. The smallest absolute Gasteiger partial charge is 0.339 e. The summed E-state index contributed by atoms with van der Waals surface area (Å²) >= 11 is 0. The van der Waals surface area contributed by atoms with Gasteiger partial charge < -0.3 is 9.84 Å². The molecule has 0 unspecified atom stereocenters. The van der Waals surface area contributed by atoms with Gasteiger partial charge in [-0.3, -0.25) is 9.59 Å².